The third-order valence-corrected chi connectivity index (χ3v) is 3.24. The Labute approximate surface area is 92.4 Å². The Kier molecular flexibility index (Phi) is 9.26. The van der Waals surface area contributed by atoms with Crippen LogP contribution in [0.25, 0.3) is 0 Å². The van der Waals surface area contributed by atoms with Gasteiger partial charge in [0, 0.05) is 18.8 Å². The summed E-state index contributed by atoms with van der Waals surface area (Å²) in [5.41, 5.74) is 0. The predicted octanol–water partition coefficient (Wildman–Crippen LogP) is 3.76. The zero-order valence-corrected chi connectivity index (χ0v) is 10.5. The van der Waals surface area contributed by atoms with Crippen molar-refractivity contribution in [3.63, 3.8) is 0 Å². The number of rotatable bonds is 7. The molecule has 2 nitrogen and oxygen atoms in total. The second kappa shape index (κ2) is 9.38. The van der Waals surface area contributed by atoms with Gasteiger partial charge in [-0.2, -0.15) is 0 Å². The van der Waals surface area contributed by atoms with Crippen LogP contribution in [0.15, 0.2) is 0 Å². The normalized spacial score (nSPS) is 10.2. The van der Waals surface area contributed by atoms with Gasteiger partial charge in [-0.1, -0.05) is 37.9 Å². The smallest absolute Gasteiger partial charge is 0.281 e. The Morgan fingerprint density at radius 1 is 1.07 bits per heavy atom. The van der Waals surface area contributed by atoms with Crippen LogP contribution in [0.5, 0.6) is 0 Å². The van der Waals surface area contributed by atoms with Gasteiger partial charge < -0.3 is 4.90 Å². The fraction of sp³-hybridized carbons (Fsp3) is 0.909. The van der Waals surface area contributed by atoms with Crippen molar-refractivity contribution < 1.29 is 4.79 Å². The Morgan fingerprint density at radius 3 is 2.21 bits per heavy atom. The number of amides is 1. The van der Waals surface area contributed by atoms with E-state index in [0.29, 0.717) is 0 Å². The molecule has 0 aliphatic carbocycles. The summed E-state index contributed by atoms with van der Waals surface area (Å²) in [4.78, 5) is 13.4. The van der Waals surface area contributed by atoms with Crippen molar-refractivity contribution in [2.24, 2.45) is 0 Å². The molecule has 0 rings (SSSR count). The number of unbranched alkanes of at least 4 members (excludes halogenated alkanes) is 3. The molecule has 0 aromatic heterocycles. The first-order valence-electron chi connectivity index (χ1n) is 5.67. The summed E-state index contributed by atoms with van der Waals surface area (Å²) in [6, 6.07) is 0. The maximum Gasteiger partial charge on any atom is 0.281 e. The topological polar surface area (TPSA) is 20.3 Å². The van der Waals surface area contributed by atoms with Gasteiger partial charge in [0.2, 0.25) is 0 Å². The van der Waals surface area contributed by atoms with Gasteiger partial charge in [-0.15, -0.1) is 0 Å². The quantitative estimate of drug-likeness (QED) is 0.605. The molecule has 0 bridgehead atoms. The maximum atomic E-state index is 11.5. The van der Waals surface area contributed by atoms with E-state index in [2.05, 4.69) is 6.92 Å². The number of hydrogen-bond donors (Lipinski definition) is 0. The fourth-order valence-electron chi connectivity index (χ4n) is 1.26. The van der Waals surface area contributed by atoms with E-state index in [1.54, 1.807) is 0 Å². The summed E-state index contributed by atoms with van der Waals surface area (Å²) in [6.45, 7) is 7.92. The van der Waals surface area contributed by atoms with Crippen molar-refractivity contribution >= 4 is 17.0 Å². The van der Waals surface area contributed by atoms with Crippen molar-refractivity contribution in [2.45, 2.75) is 46.5 Å². The molecule has 0 atom stereocenters. The third-order valence-electron chi connectivity index (χ3n) is 2.25. The highest BCUT2D eigenvalue weighted by Gasteiger charge is 2.08. The van der Waals surface area contributed by atoms with Crippen molar-refractivity contribution in [1.29, 1.82) is 0 Å². The Bertz CT molecular complexity index is 146. The minimum absolute atomic E-state index is 0.242. The van der Waals surface area contributed by atoms with Gasteiger partial charge in [0.1, 0.15) is 0 Å². The van der Waals surface area contributed by atoms with Crippen LogP contribution in [0.3, 0.4) is 0 Å². The number of thioether (sulfide) groups is 1. The zero-order valence-electron chi connectivity index (χ0n) is 9.71. The standard InChI is InChI=1S/C11H23NOS/c1-4-7-8-9-10-14-11(13)12(5-2)6-3/h4-10H2,1-3H3. The number of hydrogen-bond acceptors (Lipinski definition) is 2. The fourth-order valence-corrected chi connectivity index (χ4v) is 2.23. The molecule has 0 saturated carbocycles. The molecule has 1 amide bonds. The summed E-state index contributed by atoms with van der Waals surface area (Å²) in [5.74, 6) is 0.981. The maximum absolute atomic E-state index is 11.5. The highest BCUT2D eigenvalue weighted by molar-refractivity contribution is 8.13. The molecule has 0 saturated heterocycles. The molecule has 0 aromatic rings. The van der Waals surface area contributed by atoms with Crippen LogP contribution in [-0.4, -0.2) is 29.0 Å². The van der Waals surface area contributed by atoms with Crippen molar-refractivity contribution in [3.8, 4) is 0 Å². The summed E-state index contributed by atoms with van der Waals surface area (Å²) >= 11 is 1.47. The molecule has 0 unspecified atom stereocenters. The van der Waals surface area contributed by atoms with Crippen molar-refractivity contribution in [1.82, 2.24) is 4.90 Å². The Balaban J connectivity index is 3.43. The lowest BCUT2D eigenvalue weighted by atomic mass is 10.2. The minimum Gasteiger partial charge on any atom is -0.334 e. The molecule has 0 heterocycles. The third kappa shape index (κ3) is 6.30. The van der Waals surface area contributed by atoms with E-state index in [1.165, 1.54) is 37.4 Å². The van der Waals surface area contributed by atoms with E-state index in [1.807, 2.05) is 18.7 Å². The molecule has 0 fully saturated rings. The zero-order chi connectivity index (χ0) is 10.8. The Morgan fingerprint density at radius 2 is 1.71 bits per heavy atom. The van der Waals surface area contributed by atoms with E-state index in [-0.39, 0.29) is 5.24 Å². The molecule has 0 N–H and O–H groups in total. The van der Waals surface area contributed by atoms with Gasteiger partial charge in [-0.05, 0) is 20.3 Å². The van der Waals surface area contributed by atoms with Crippen molar-refractivity contribution in [2.75, 3.05) is 18.8 Å². The lowest BCUT2D eigenvalue weighted by Gasteiger charge is -2.17. The van der Waals surface area contributed by atoms with Gasteiger partial charge in [0.05, 0.1) is 0 Å². The van der Waals surface area contributed by atoms with Crippen LogP contribution >= 0.6 is 11.8 Å². The minimum atomic E-state index is 0.242. The van der Waals surface area contributed by atoms with E-state index in [4.69, 9.17) is 0 Å². The van der Waals surface area contributed by atoms with Gasteiger partial charge in [0.15, 0.2) is 0 Å². The molecule has 84 valence electrons. The molecule has 0 aromatic carbocycles. The van der Waals surface area contributed by atoms with Gasteiger partial charge in [-0.25, -0.2) is 0 Å². The Hall–Kier alpha value is -0.180. The second-order valence-electron chi connectivity index (χ2n) is 3.35. The average molecular weight is 217 g/mol. The highest BCUT2D eigenvalue weighted by atomic mass is 32.2. The van der Waals surface area contributed by atoms with Crippen LogP contribution in [0.4, 0.5) is 4.79 Å². The molecular formula is C11H23NOS. The van der Waals surface area contributed by atoms with Gasteiger partial charge in [0.25, 0.3) is 5.24 Å². The van der Waals surface area contributed by atoms with Crippen LogP contribution in [0.1, 0.15) is 46.5 Å². The van der Waals surface area contributed by atoms with Crippen molar-refractivity contribution in [3.05, 3.63) is 0 Å². The summed E-state index contributed by atoms with van der Waals surface area (Å²) in [6.07, 6.45) is 4.98. The van der Waals surface area contributed by atoms with Gasteiger partial charge >= 0.3 is 0 Å². The lowest BCUT2D eigenvalue weighted by Crippen LogP contribution is -2.26. The molecule has 0 aliphatic rings. The highest BCUT2D eigenvalue weighted by Crippen LogP contribution is 2.12. The first-order chi connectivity index (χ1) is 6.76. The largest absolute Gasteiger partial charge is 0.334 e. The first kappa shape index (κ1) is 13.8. The predicted molar refractivity (Wildman–Crippen MR) is 64.9 cm³/mol. The first-order valence-corrected chi connectivity index (χ1v) is 6.66. The molecule has 0 spiro atoms. The molecule has 0 radical (unpaired) electrons. The molecular weight excluding hydrogens is 194 g/mol. The number of carbonyl (C=O) groups excluding carboxylic acids is 1. The molecule has 3 heteroatoms. The summed E-state index contributed by atoms with van der Waals surface area (Å²) in [5, 5.41) is 0.242. The van der Waals surface area contributed by atoms with Crippen LogP contribution in [-0.2, 0) is 0 Å². The van der Waals surface area contributed by atoms with E-state index < -0.39 is 0 Å². The molecule has 14 heavy (non-hydrogen) atoms. The lowest BCUT2D eigenvalue weighted by molar-refractivity contribution is 0.228. The van der Waals surface area contributed by atoms with Crippen LogP contribution in [0.2, 0.25) is 0 Å². The number of nitrogens with zero attached hydrogens (tertiary/aromatic N) is 1. The number of carbonyl (C=O) groups is 1. The van der Waals surface area contributed by atoms with E-state index in [9.17, 15) is 4.79 Å². The molecule has 0 aliphatic heterocycles. The van der Waals surface area contributed by atoms with Crippen LogP contribution in [0, 0.1) is 0 Å². The SMILES string of the molecule is CCCCCCSC(=O)N(CC)CC. The van der Waals surface area contributed by atoms with E-state index in [0.717, 1.165) is 18.8 Å². The van der Waals surface area contributed by atoms with Gasteiger partial charge in [-0.3, -0.25) is 4.79 Å². The monoisotopic (exact) mass is 217 g/mol. The second-order valence-corrected chi connectivity index (χ2v) is 4.39. The van der Waals surface area contributed by atoms with Crippen LogP contribution < -0.4 is 0 Å². The van der Waals surface area contributed by atoms with E-state index >= 15 is 0 Å². The summed E-state index contributed by atoms with van der Waals surface area (Å²) < 4.78 is 0. The summed E-state index contributed by atoms with van der Waals surface area (Å²) in [7, 11) is 0. The average Bonchev–Trinajstić information content (AvgIpc) is 2.19.